The van der Waals surface area contributed by atoms with E-state index in [1.54, 1.807) is 25.5 Å². The second-order valence-corrected chi connectivity index (χ2v) is 8.97. The van der Waals surface area contributed by atoms with Crippen molar-refractivity contribution in [3.05, 3.63) is 69.5 Å². The Balaban J connectivity index is 1.48. The van der Waals surface area contributed by atoms with Gasteiger partial charge in [0.05, 0.1) is 17.2 Å². The van der Waals surface area contributed by atoms with Gasteiger partial charge in [-0.2, -0.15) is 0 Å². The lowest BCUT2D eigenvalue weighted by Crippen LogP contribution is -2.36. The van der Waals surface area contributed by atoms with Crippen LogP contribution in [-0.2, 0) is 29.6 Å². The first kappa shape index (κ1) is 26.7. The van der Waals surface area contributed by atoms with Crippen LogP contribution >= 0.6 is 11.8 Å². The maximum absolute atomic E-state index is 12.4. The van der Waals surface area contributed by atoms with E-state index in [1.807, 2.05) is 24.3 Å². The Morgan fingerprint density at radius 2 is 1.92 bits per heavy atom. The number of nitro groups is 1. The molecule has 2 amide bonds. The summed E-state index contributed by atoms with van der Waals surface area (Å²) in [5.74, 6) is 0.639. The summed E-state index contributed by atoms with van der Waals surface area (Å²) in [5.41, 5.74) is 2.25. The summed E-state index contributed by atoms with van der Waals surface area (Å²) in [6, 6.07) is 11.9. The fourth-order valence-corrected chi connectivity index (χ4v) is 3.94. The van der Waals surface area contributed by atoms with Gasteiger partial charge < -0.3 is 19.9 Å². The van der Waals surface area contributed by atoms with Gasteiger partial charge in [-0.05, 0) is 49.6 Å². The molecule has 0 spiro atoms. The van der Waals surface area contributed by atoms with Crippen LogP contribution in [0.4, 0.5) is 11.4 Å². The van der Waals surface area contributed by atoms with Crippen LogP contribution in [-0.4, -0.2) is 43.4 Å². The molecule has 0 bridgehead atoms. The number of carbonyl (C=O) groups excluding carboxylic acids is 2. The topological polar surface area (TPSA) is 141 Å². The van der Waals surface area contributed by atoms with Gasteiger partial charge in [0.2, 0.25) is 5.91 Å². The Kier molecular flexibility index (Phi) is 9.01. The zero-order valence-corrected chi connectivity index (χ0v) is 21.3. The predicted molar refractivity (Wildman–Crippen MR) is 136 cm³/mol. The minimum Gasteiger partial charge on any atom is -0.481 e. The minimum absolute atomic E-state index is 0.0369. The molecule has 11 nitrogen and oxygen atoms in total. The Morgan fingerprint density at radius 3 is 2.56 bits per heavy atom. The molecule has 190 valence electrons. The second kappa shape index (κ2) is 12.2. The molecule has 36 heavy (non-hydrogen) atoms. The van der Waals surface area contributed by atoms with Crippen molar-refractivity contribution in [2.45, 2.75) is 45.0 Å². The van der Waals surface area contributed by atoms with E-state index in [4.69, 9.17) is 4.74 Å². The number of rotatable bonds is 11. The molecule has 3 rings (SSSR count). The first-order chi connectivity index (χ1) is 17.2. The van der Waals surface area contributed by atoms with Gasteiger partial charge in [0.15, 0.2) is 17.1 Å². The van der Waals surface area contributed by atoms with Gasteiger partial charge >= 0.3 is 0 Å². The van der Waals surface area contributed by atoms with Gasteiger partial charge in [-0.25, -0.2) is 0 Å². The van der Waals surface area contributed by atoms with Crippen LogP contribution in [0.2, 0.25) is 0 Å². The van der Waals surface area contributed by atoms with E-state index in [0.29, 0.717) is 28.0 Å². The van der Waals surface area contributed by atoms with Crippen LogP contribution in [0.3, 0.4) is 0 Å². The predicted octanol–water partition coefficient (Wildman–Crippen LogP) is 3.41. The summed E-state index contributed by atoms with van der Waals surface area (Å²) in [7, 11) is 1.75. The van der Waals surface area contributed by atoms with E-state index >= 15 is 0 Å². The third-order valence-electron chi connectivity index (χ3n) is 5.39. The van der Waals surface area contributed by atoms with Crippen molar-refractivity contribution in [3.8, 4) is 5.75 Å². The molecule has 0 radical (unpaired) electrons. The minimum atomic E-state index is -0.689. The summed E-state index contributed by atoms with van der Waals surface area (Å²) in [6.07, 6.45) is 0.240. The summed E-state index contributed by atoms with van der Waals surface area (Å²) < 4.78 is 7.40. The number of nitrogens with zero attached hydrogens (tertiary/aromatic N) is 4. The number of benzene rings is 2. The number of nitrogens with one attached hydrogen (secondary N) is 2. The highest BCUT2D eigenvalue weighted by atomic mass is 32.2. The molecule has 2 aromatic carbocycles. The largest absolute Gasteiger partial charge is 0.481 e. The van der Waals surface area contributed by atoms with Crippen LogP contribution in [0, 0.1) is 17.0 Å². The molecule has 12 heteroatoms. The van der Waals surface area contributed by atoms with Gasteiger partial charge in [-0.15, -0.1) is 10.2 Å². The quantitative estimate of drug-likeness (QED) is 0.226. The molecule has 0 aliphatic carbocycles. The molecule has 0 saturated heterocycles. The molecule has 3 aromatic rings. The van der Waals surface area contributed by atoms with Crippen molar-refractivity contribution in [1.29, 1.82) is 0 Å². The lowest BCUT2D eigenvalue weighted by atomic mass is 10.2. The van der Waals surface area contributed by atoms with Crippen molar-refractivity contribution in [2.75, 3.05) is 11.1 Å². The number of aromatic nitrogens is 3. The Hall–Kier alpha value is -3.93. The third-order valence-corrected chi connectivity index (χ3v) is 6.41. The van der Waals surface area contributed by atoms with Gasteiger partial charge in [0.25, 0.3) is 11.6 Å². The van der Waals surface area contributed by atoms with E-state index in [-0.39, 0.29) is 29.8 Å². The molecule has 1 atom stereocenters. The van der Waals surface area contributed by atoms with E-state index in [0.717, 1.165) is 6.42 Å². The van der Waals surface area contributed by atoms with E-state index < -0.39 is 11.0 Å². The van der Waals surface area contributed by atoms with E-state index in [2.05, 4.69) is 27.8 Å². The fourth-order valence-electron chi connectivity index (χ4n) is 3.21. The van der Waals surface area contributed by atoms with E-state index in [9.17, 15) is 19.7 Å². The summed E-state index contributed by atoms with van der Waals surface area (Å²) in [5, 5.41) is 25.1. The maximum atomic E-state index is 12.4. The maximum Gasteiger partial charge on any atom is 0.269 e. The van der Waals surface area contributed by atoms with Crippen molar-refractivity contribution < 1.29 is 19.2 Å². The smallest absolute Gasteiger partial charge is 0.269 e. The summed E-state index contributed by atoms with van der Waals surface area (Å²) in [4.78, 5) is 35.2. The Morgan fingerprint density at radius 1 is 1.19 bits per heavy atom. The molecular weight excluding hydrogens is 484 g/mol. The number of hydrogen-bond donors (Lipinski definition) is 2. The first-order valence-corrected chi connectivity index (χ1v) is 12.3. The van der Waals surface area contributed by atoms with Gasteiger partial charge in [-0.1, -0.05) is 30.8 Å². The molecule has 0 aliphatic heterocycles. The van der Waals surface area contributed by atoms with Crippen molar-refractivity contribution in [3.63, 3.8) is 0 Å². The number of nitro benzene ring substituents is 1. The summed E-state index contributed by atoms with van der Waals surface area (Å²) >= 11 is 1.19. The van der Waals surface area contributed by atoms with Crippen molar-refractivity contribution in [1.82, 2.24) is 20.1 Å². The molecule has 2 N–H and O–H groups in total. The highest BCUT2D eigenvalue weighted by molar-refractivity contribution is 7.99. The average Bonchev–Trinajstić information content (AvgIpc) is 3.21. The average molecular weight is 513 g/mol. The third kappa shape index (κ3) is 7.04. The van der Waals surface area contributed by atoms with Gasteiger partial charge in [0.1, 0.15) is 5.75 Å². The molecule has 0 fully saturated rings. The summed E-state index contributed by atoms with van der Waals surface area (Å²) in [6.45, 7) is 5.58. The Labute approximate surface area is 212 Å². The highest BCUT2D eigenvalue weighted by Crippen LogP contribution is 2.22. The van der Waals surface area contributed by atoms with Crippen LogP contribution in [0.25, 0.3) is 0 Å². The van der Waals surface area contributed by atoms with Crippen LogP contribution in [0.1, 0.15) is 30.8 Å². The zero-order valence-electron chi connectivity index (χ0n) is 20.5. The Bertz CT molecular complexity index is 1240. The molecule has 0 saturated carbocycles. The van der Waals surface area contributed by atoms with Crippen LogP contribution < -0.4 is 15.4 Å². The van der Waals surface area contributed by atoms with Crippen LogP contribution in [0.15, 0.2) is 47.6 Å². The first-order valence-electron chi connectivity index (χ1n) is 11.3. The van der Waals surface area contributed by atoms with E-state index in [1.165, 1.54) is 35.5 Å². The lowest BCUT2D eigenvalue weighted by molar-refractivity contribution is -0.384. The number of thioether (sulfide) groups is 1. The van der Waals surface area contributed by atoms with Crippen molar-refractivity contribution in [2.24, 2.45) is 7.05 Å². The number of carbonyl (C=O) groups is 2. The number of hydrogen-bond acceptors (Lipinski definition) is 8. The lowest BCUT2D eigenvalue weighted by Gasteiger charge is -2.15. The molecule has 1 aromatic heterocycles. The SMILES string of the molecule is CCc1ccc(O[C@H](C)C(=O)NCc2nnc(SCC(=O)Nc3ccc([N+](=O)[O-])cc3C)n2C)cc1. The number of aryl methyl sites for hydroxylation is 2. The molecular formula is C24H28N6O5S. The normalized spacial score (nSPS) is 11.6. The highest BCUT2D eigenvalue weighted by Gasteiger charge is 2.17. The van der Waals surface area contributed by atoms with Gasteiger partial charge in [-0.3, -0.25) is 19.7 Å². The van der Waals surface area contributed by atoms with Crippen molar-refractivity contribution >= 4 is 35.0 Å². The number of ether oxygens (including phenoxy) is 1. The number of anilines is 1. The number of amides is 2. The van der Waals surface area contributed by atoms with Crippen LogP contribution in [0.5, 0.6) is 5.75 Å². The molecule has 1 heterocycles. The monoisotopic (exact) mass is 512 g/mol. The molecule has 0 aliphatic rings. The molecule has 0 unspecified atom stereocenters. The fraction of sp³-hybridized carbons (Fsp3) is 0.333. The zero-order chi connectivity index (χ0) is 26.2. The van der Waals surface area contributed by atoms with Gasteiger partial charge in [0, 0.05) is 24.9 Å². The standard InChI is InChI=1S/C24H28N6O5S/c1-5-17-6-9-19(10-7-17)35-16(3)23(32)25-13-21-27-28-24(29(21)4)36-14-22(31)26-20-11-8-18(30(33)34)12-15(20)2/h6-12,16H,5,13-14H2,1-4H3,(H,25,32)(H,26,31)/t16-/m1/s1. The number of non-ortho nitro benzene ring substituents is 1. The second-order valence-electron chi connectivity index (χ2n) is 8.03.